The molecule has 1 heterocycles. The molecule has 2 N–H and O–H groups in total. The molecule has 1 fully saturated rings. The van der Waals surface area contributed by atoms with Gasteiger partial charge in [-0.05, 0) is 24.3 Å². The second kappa shape index (κ2) is 4.55. The summed E-state index contributed by atoms with van der Waals surface area (Å²) in [6, 6.07) is 6.95. The first kappa shape index (κ1) is 11.6. The molecule has 0 bridgehead atoms. The summed E-state index contributed by atoms with van der Waals surface area (Å²) >= 11 is 0. The molecule has 1 aromatic rings. The highest BCUT2D eigenvalue weighted by Crippen LogP contribution is 2.20. The van der Waals surface area contributed by atoms with Crippen LogP contribution in [-0.2, 0) is 0 Å². The van der Waals surface area contributed by atoms with E-state index < -0.39 is 0 Å². The minimum absolute atomic E-state index is 0.00469. The number of benzene rings is 1. The smallest absolute Gasteiger partial charge is 0.324 e. The van der Waals surface area contributed by atoms with Crippen LogP contribution in [0.4, 0.5) is 10.5 Å². The number of amides is 2. The SMILES string of the molecule is CN1CCN(c2ccc(C(=O)CN)cc2)C1=O. The van der Waals surface area contributed by atoms with Gasteiger partial charge in [-0.15, -0.1) is 0 Å². The lowest BCUT2D eigenvalue weighted by atomic mass is 10.1. The predicted molar refractivity (Wildman–Crippen MR) is 65.2 cm³/mol. The fourth-order valence-electron chi connectivity index (χ4n) is 1.83. The first-order valence-corrected chi connectivity index (χ1v) is 5.49. The van der Waals surface area contributed by atoms with E-state index in [9.17, 15) is 9.59 Å². The first-order valence-electron chi connectivity index (χ1n) is 5.49. The van der Waals surface area contributed by atoms with Crippen molar-refractivity contribution < 1.29 is 9.59 Å². The highest BCUT2D eigenvalue weighted by Gasteiger charge is 2.26. The standard InChI is InChI=1S/C12H15N3O2/c1-14-6-7-15(12(14)17)10-4-2-9(3-5-10)11(16)8-13/h2-5H,6-8,13H2,1H3. The number of anilines is 1. The average Bonchev–Trinajstić information content (AvgIpc) is 2.69. The molecule has 0 radical (unpaired) electrons. The third kappa shape index (κ3) is 2.14. The molecular formula is C12H15N3O2. The summed E-state index contributed by atoms with van der Waals surface area (Å²) in [6.45, 7) is 1.41. The van der Waals surface area contributed by atoms with Gasteiger partial charge in [-0.1, -0.05) is 0 Å². The number of likely N-dealkylation sites (N-methyl/N-ethyl adjacent to an activating group) is 1. The molecule has 1 aliphatic rings. The Hall–Kier alpha value is -1.88. The lowest BCUT2D eigenvalue weighted by Crippen LogP contribution is -2.29. The summed E-state index contributed by atoms with van der Waals surface area (Å²) in [6.07, 6.45) is 0. The van der Waals surface area contributed by atoms with Crippen molar-refractivity contribution in [2.75, 3.05) is 31.6 Å². The lowest BCUT2D eigenvalue weighted by molar-refractivity contribution is 0.100. The number of carbonyl (C=O) groups excluding carboxylic acids is 2. The van der Waals surface area contributed by atoms with Gasteiger partial charge < -0.3 is 10.6 Å². The van der Waals surface area contributed by atoms with Gasteiger partial charge >= 0.3 is 6.03 Å². The van der Waals surface area contributed by atoms with Crippen LogP contribution in [0.3, 0.4) is 0 Å². The van der Waals surface area contributed by atoms with Crippen LogP contribution in [0.1, 0.15) is 10.4 Å². The van der Waals surface area contributed by atoms with Crippen LogP contribution in [0.15, 0.2) is 24.3 Å². The summed E-state index contributed by atoms with van der Waals surface area (Å²) < 4.78 is 0. The minimum atomic E-state index is -0.0959. The van der Waals surface area contributed by atoms with Crippen LogP contribution in [0, 0.1) is 0 Å². The second-order valence-electron chi connectivity index (χ2n) is 4.03. The normalized spacial score (nSPS) is 15.5. The Bertz CT molecular complexity index is 442. The predicted octanol–water partition coefficient (Wildman–Crippen LogP) is 0.700. The number of nitrogens with zero attached hydrogens (tertiary/aromatic N) is 2. The van der Waals surface area contributed by atoms with Crippen molar-refractivity contribution >= 4 is 17.5 Å². The van der Waals surface area contributed by atoms with Crippen molar-refractivity contribution in [2.24, 2.45) is 5.73 Å². The number of ketones is 1. The van der Waals surface area contributed by atoms with E-state index in [4.69, 9.17) is 5.73 Å². The maximum absolute atomic E-state index is 11.7. The van der Waals surface area contributed by atoms with E-state index in [1.807, 2.05) is 0 Å². The van der Waals surface area contributed by atoms with Gasteiger partial charge in [0.25, 0.3) is 0 Å². The number of hydrogen-bond acceptors (Lipinski definition) is 3. The molecule has 2 rings (SSSR count). The zero-order valence-corrected chi connectivity index (χ0v) is 9.72. The van der Waals surface area contributed by atoms with Crippen molar-refractivity contribution in [2.45, 2.75) is 0 Å². The zero-order valence-electron chi connectivity index (χ0n) is 9.72. The van der Waals surface area contributed by atoms with Gasteiger partial charge in [0, 0.05) is 31.4 Å². The van der Waals surface area contributed by atoms with Crippen LogP contribution in [0.2, 0.25) is 0 Å². The molecule has 1 aliphatic heterocycles. The molecule has 0 atom stereocenters. The number of Topliss-reactive ketones (excluding diaryl/α,β-unsaturated/α-hetero) is 1. The van der Waals surface area contributed by atoms with E-state index in [1.165, 1.54) is 0 Å². The zero-order chi connectivity index (χ0) is 12.4. The van der Waals surface area contributed by atoms with E-state index in [0.717, 1.165) is 12.2 Å². The Kier molecular flexibility index (Phi) is 3.10. The first-order chi connectivity index (χ1) is 8.13. The molecule has 0 spiro atoms. The van der Waals surface area contributed by atoms with Gasteiger partial charge in [-0.25, -0.2) is 4.79 Å². The maximum atomic E-state index is 11.7. The van der Waals surface area contributed by atoms with Gasteiger partial charge in [-0.3, -0.25) is 9.69 Å². The number of nitrogens with two attached hydrogens (primary N) is 1. The molecular weight excluding hydrogens is 218 g/mol. The molecule has 0 unspecified atom stereocenters. The third-order valence-electron chi connectivity index (χ3n) is 2.90. The monoisotopic (exact) mass is 233 g/mol. The van der Waals surface area contributed by atoms with Crippen molar-refractivity contribution in [1.82, 2.24) is 4.90 Å². The molecule has 5 nitrogen and oxygen atoms in total. The number of rotatable bonds is 3. The molecule has 1 saturated heterocycles. The van der Waals surface area contributed by atoms with Crippen LogP contribution in [0.25, 0.3) is 0 Å². The van der Waals surface area contributed by atoms with Gasteiger partial charge in [-0.2, -0.15) is 0 Å². The summed E-state index contributed by atoms with van der Waals surface area (Å²) in [4.78, 5) is 26.5. The molecule has 2 amide bonds. The van der Waals surface area contributed by atoms with E-state index in [1.54, 1.807) is 41.1 Å². The van der Waals surface area contributed by atoms with E-state index in [0.29, 0.717) is 12.1 Å². The Morgan fingerprint density at radius 2 is 1.94 bits per heavy atom. The van der Waals surface area contributed by atoms with E-state index >= 15 is 0 Å². The highest BCUT2D eigenvalue weighted by molar-refractivity contribution is 5.99. The molecule has 0 aromatic heterocycles. The van der Waals surface area contributed by atoms with Crippen molar-refractivity contribution in [3.63, 3.8) is 0 Å². The molecule has 0 saturated carbocycles. The molecule has 1 aromatic carbocycles. The fourth-order valence-corrected chi connectivity index (χ4v) is 1.83. The molecule has 5 heteroatoms. The van der Waals surface area contributed by atoms with Gasteiger partial charge in [0.1, 0.15) is 0 Å². The second-order valence-corrected chi connectivity index (χ2v) is 4.03. The average molecular weight is 233 g/mol. The maximum Gasteiger partial charge on any atom is 0.324 e. The summed E-state index contributed by atoms with van der Waals surface area (Å²) in [5, 5.41) is 0. The van der Waals surface area contributed by atoms with Crippen LogP contribution >= 0.6 is 0 Å². The van der Waals surface area contributed by atoms with Crippen molar-refractivity contribution in [3.8, 4) is 0 Å². The molecule has 0 aliphatic carbocycles. The Morgan fingerprint density at radius 3 is 2.41 bits per heavy atom. The van der Waals surface area contributed by atoms with Gasteiger partial charge in [0.15, 0.2) is 5.78 Å². The highest BCUT2D eigenvalue weighted by atomic mass is 16.2. The lowest BCUT2D eigenvalue weighted by Gasteiger charge is -2.16. The summed E-state index contributed by atoms with van der Waals surface area (Å²) in [7, 11) is 1.77. The summed E-state index contributed by atoms with van der Waals surface area (Å²) in [5.41, 5.74) is 6.68. The third-order valence-corrected chi connectivity index (χ3v) is 2.90. The van der Waals surface area contributed by atoms with Crippen LogP contribution in [-0.4, -0.2) is 43.4 Å². The minimum Gasteiger partial charge on any atom is -0.326 e. The fraction of sp³-hybridized carbons (Fsp3) is 0.333. The number of carbonyl (C=O) groups is 2. The number of urea groups is 1. The molecule has 17 heavy (non-hydrogen) atoms. The summed E-state index contributed by atoms with van der Waals surface area (Å²) in [5.74, 6) is -0.0959. The van der Waals surface area contributed by atoms with Crippen molar-refractivity contribution in [3.05, 3.63) is 29.8 Å². The molecule has 90 valence electrons. The largest absolute Gasteiger partial charge is 0.326 e. The van der Waals surface area contributed by atoms with Crippen molar-refractivity contribution in [1.29, 1.82) is 0 Å². The topological polar surface area (TPSA) is 66.6 Å². The van der Waals surface area contributed by atoms with Crippen LogP contribution in [0.5, 0.6) is 0 Å². The quantitative estimate of drug-likeness (QED) is 0.781. The Balaban J connectivity index is 2.19. The van der Waals surface area contributed by atoms with Gasteiger partial charge in [0.2, 0.25) is 0 Å². The number of hydrogen-bond donors (Lipinski definition) is 1. The Morgan fingerprint density at radius 1 is 1.29 bits per heavy atom. The van der Waals surface area contributed by atoms with Crippen LogP contribution < -0.4 is 10.6 Å². The van der Waals surface area contributed by atoms with Gasteiger partial charge in [0.05, 0.1) is 6.54 Å². The Labute approximate surface area is 99.8 Å². The van der Waals surface area contributed by atoms with E-state index in [-0.39, 0.29) is 18.4 Å². The van der Waals surface area contributed by atoms with E-state index in [2.05, 4.69) is 0 Å².